The Morgan fingerprint density at radius 1 is 1.17 bits per heavy atom. The molecule has 0 saturated heterocycles. The summed E-state index contributed by atoms with van der Waals surface area (Å²) >= 11 is 0. The van der Waals surface area contributed by atoms with Crippen LogP contribution < -0.4 is 27.2 Å². The first-order chi connectivity index (χ1) is 16.8. The maximum absolute atomic E-state index is 14.9. The second kappa shape index (κ2) is 10.4. The molecule has 4 rings (SSSR count). The van der Waals surface area contributed by atoms with Crippen molar-refractivity contribution in [3.63, 3.8) is 0 Å². The normalized spacial score (nSPS) is 14.3. The third-order valence-corrected chi connectivity index (χ3v) is 6.58. The van der Waals surface area contributed by atoms with Gasteiger partial charge in [-0.25, -0.2) is 14.2 Å². The summed E-state index contributed by atoms with van der Waals surface area (Å²) in [6.45, 7) is 3.90. The molecule has 1 aliphatic rings. The maximum Gasteiger partial charge on any atom is 0.319 e. The lowest BCUT2D eigenvalue weighted by Gasteiger charge is -2.23. The SMILES string of the molecule is CNc1cc2c(cn1)cc(-c1cc(NC(=O)NC3CCCCC3)c(F)cc1CN)c(=O)n2C(C)C. The van der Waals surface area contributed by atoms with E-state index in [-0.39, 0.29) is 29.9 Å². The fourth-order valence-electron chi connectivity index (χ4n) is 4.79. The Morgan fingerprint density at radius 2 is 1.91 bits per heavy atom. The third kappa shape index (κ3) is 5.14. The van der Waals surface area contributed by atoms with Crippen LogP contribution in [0.25, 0.3) is 22.0 Å². The van der Waals surface area contributed by atoms with E-state index in [0.717, 1.165) is 36.6 Å². The minimum absolute atomic E-state index is 0.00441. The number of nitrogens with one attached hydrogen (secondary N) is 3. The molecule has 9 heteroatoms. The molecule has 35 heavy (non-hydrogen) atoms. The van der Waals surface area contributed by atoms with Gasteiger partial charge in [0.05, 0.1) is 11.2 Å². The Balaban J connectivity index is 1.78. The predicted octanol–water partition coefficient (Wildman–Crippen LogP) is 4.74. The topological polar surface area (TPSA) is 114 Å². The molecule has 2 aromatic heterocycles. The van der Waals surface area contributed by atoms with E-state index < -0.39 is 11.8 Å². The van der Waals surface area contributed by atoms with Crippen LogP contribution in [0.2, 0.25) is 0 Å². The molecule has 2 amide bonds. The van der Waals surface area contributed by atoms with E-state index in [0.29, 0.717) is 22.5 Å². The second-order valence-corrected chi connectivity index (χ2v) is 9.33. The average molecular weight is 481 g/mol. The number of nitrogens with two attached hydrogens (primary N) is 1. The van der Waals surface area contributed by atoms with Gasteiger partial charge in [-0.05, 0) is 56.0 Å². The second-order valence-electron chi connectivity index (χ2n) is 9.33. The first kappa shape index (κ1) is 24.7. The quantitative estimate of drug-likeness (QED) is 0.407. The number of carbonyl (C=O) groups excluding carboxylic acids is 1. The van der Waals surface area contributed by atoms with Gasteiger partial charge < -0.3 is 26.3 Å². The number of hydrogen-bond donors (Lipinski definition) is 4. The molecule has 0 aliphatic heterocycles. The fourth-order valence-corrected chi connectivity index (χ4v) is 4.79. The fraction of sp³-hybridized carbons (Fsp3) is 0.423. The van der Waals surface area contributed by atoms with Crippen molar-refractivity contribution in [3.05, 3.63) is 52.2 Å². The molecule has 1 fully saturated rings. The molecular weight excluding hydrogens is 447 g/mol. The molecule has 0 bridgehead atoms. The molecule has 3 aromatic rings. The summed E-state index contributed by atoms with van der Waals surface area (Å²) in [6.07, 6.45) is 6.85. The van der Waals surface area contributed by atoms with Crippen LogP contribution >= 0.6 is 0 Å². The number of fused-ring (bicyclic) bond motifs is 1. The molecule has 2 heterocycles. The smallest absolute Gasteiger partial charge is 0.319 e. The Bertz CT molecular complexity index is 1300. The molecule has 1 saturated carbocycles. The lowest BCUT2D eigenvalue weighted by atomic mass is 9.96. The monoisotopic (exact) mass is 480 g/mol. The van der Waals surface area contributed by atoms with E-state index in [4.69, 9.17) is 5.73 Å². The van der Waals surface area contributed by atoms with Crippen LogP contribution in [0, 0.1) is 5.82 Å². The van der Waals surface area contributed by atoms with E-state index >= 15 is 0 Å². The molecule has 0 atom stereocenters. The van der Waals surface area contributed by atoms with Gasteiger partial charge in [-0.15, -0.1) is 0 Å². The first-order valence-corrected chi connectivity index (χ1v) is 12.2. The lowest BCUT2D eigenvalue weighted by Crippen LogP contribution is -2.39. The third-order valence-electron chi connectivity index (χ3n) is 6.58. The molecule has 0 radical (unpaired) electrons. The Hall–Kier alpha value is -3.46. The van der Waals surface area contributed by atoms with Crippen molar-refractivity contribution in [2.45, 2.75) is 64.6 Å². The molecular formula is C26H33FN6O2. The van der Waals surface area contributed by atoms with Crippen molar-refractivity contribution in [1.29, 1.82) is 0 Å². The number of hydrogen-bond acceptors (Lipinski definition) is 5. The largest absolute Gasteiger partial charge is 0.373 e. The average Bonchev–Trinajstić information content (AvgIpc) is 2.84. The van der Waals surface area contributed by atoms with Gasteiger partial charge in [0.15, 0.2) is 0 Å². The van der Waals surface area contributed by atoms with Gasteiger partial charge in [0.25, 0.3) is 5.56 Å². The molecule has 186 valence electrons. The van der Waals surface area contributed by atoms with Crippen molar-refractivity contribution in [3.8, 4) is 11.1 Å². The summed E-state index contributed by atoms with van der Waals surface area (Å²) in [5, 5.41) is 9.33. The number of aromatic nitrogens is 2. The van der Waals surface area contributed by atoms with Crippen LogP contribution in [0.5, 0.6) is 0 Å². The number of anilines is 2. The molecule has 5 N–H and O–H groups in total. The highest BCUT2D eigenvalue weighted by Crippen LogP contribution is 2.30. The van der Waals surface area contributed by atoms with Crippen molar-refractivity contribution in [2.75, 3.05) is 17.7 Å². The predicted molar refractivity (Wildman–Crippen MR) is 138 cm³/mol. The van der Waals surface area contributed by atoms with Crippen LogP contribution in [0.15, 0.2) is 35.3 Å². The number of urea groups is 1. The van der Waals surface area contributed by atoms with E-state index in [2.05, 4.69) is 20.9 Å². The number of pyridine rings is 2. The van der Waals surface area contributed by atoms with Gasteiger partial charge in [-0.2, -0.15) is 0 Å². The van der Waals surface area contributed by atoms with Crippen molar-refractivity contribution < 1.29 is 9.18 Å². The van der Waals surface area contributed by atoms with Crippen LogP contribution in [0.3, 0.4) is 0 Å². The van der Waals surface area contributed by atoms with Crippen LogP contribution in [-0.2, 0) is 6.54 Å². The minimum atomic E-state index is -0.599. The van der Waals surface area contributed by atoms with Crippen molar-refractivity contribution >= 4 is 28.4 Å². The van der Waals surface area contributed by atoms with Gasteiger partial charge in [0.2, 0.25) is 0 Å². The zero-order chi connectivity index (χ0) is 25.1. The Morgan fingerprint density at radius 3 is 2.57 bits per heavy atom. The standard InChI is InChI=1S/C26H33FN6O2/c1-15(2)33-23-12-24(29-3)30-14-17(23)9-20(25(33)34)19-11-22(21(27)10-16(19)13-28)32-26(35)31-18-7-5-4-6-8-18/h9-12,14-15,18H,4-8,13,28H2,1-3H3,(H,29,30)(H2,31,32,35). The number of amides is 2. The number of rotatable bonds is 6. The molecule has 0 spiro atoms. The van der Waals surface area contributed by atoms with Crippen LogP contribution in [0.1, 0.15) is 57.6 Å². The number of benzene rings is 1. The summed E-state index contributed by atoms with van der Waals surface area (Å²) in [5.74, 6) is 0.0530. The van der Waals surface area contributed by atoms with E-state index in [9.17, 15) is 14.0 Å². The van der Waals surface area contributed by atoms with Crippen molar-refractivity contribution in [2.24, 2.45) is 5.73 Å². The van der Waals surface area contributed by atoms with Crippen LogP contribution in [-0.4, -0.2) is 28.7 Å². The van der Waals surface area contributed by atoms with E-state index in [1.54, 1.807) is 23.9 Å². The van der Waals surface area contributed by atoms with Crippen molar-refractivity contribution in [1.82, 2.24) is 14.9 Å². The Kier molecular flexibility index (Phi) is 7.35. The summed E-state index contributed by atoms with van der Waals surface area (Å²) in [7, 11) is 1.77. The lowest BCUT2D eigenvalue weighted by molar-refractivity contribution is 0.244. The van der Waals surface area contributed by atoms with Gasteiger partial charge in [-0.1, -0.05) is 19.3 Å². The molecule has 8 nitrogen and oxygen atoms in total. The van der Waals surface area contributed by atoms with E-state index in [1.165, 1.54) is 18.6 Å². The van der Waals surface area contributed by atoms with Gasteiger partial charge in [-0.3, -0.25) is 4.79 Å². The zero-order valence-corrected chi connectivity index (χ0v) is 20.5. The maximum atomic E-state index is 14.9. The molecule has 0 unspecified atom stereocenters. The summed E-state index contributed by atoms with van der Waals surface area (Å²) in [5.41, 5.74) is 7.80. The van der Waals surface area contributed by atoms with Gasteiger partial charge in [0.1, 0.15) is 11.6 Å². The van der Waals surface area contributed by atoms with Gasteiger partial charge >= 0.3 is 6.03 Å². The van der Waals surface area contributed by atoms with Gasteiger partial charge in [0, 0.05) is 48.9 Å². The molecule has 1 aliphatic carbocycles. The minimum Gasteiger partial charge on any atom is -0.373 e. The highest BCUT2D eigenvalue weighted by atomic mass is 19.1. The first-order valence-electron chi connectivity index (χ1n) is 12.2. The Labute approximate surface area is 204 Å². The number of carbonyl (C=O) groups is 1. The summed E-state index contributed by atoms with van der Waals surface area (Å²) in [4.78, 5) is 30.6. The molecule has 1 aromatic carbocycles. The van der Waals surface area contributed by atoms with E-state index in [1.807, 2.05) is 19.9 Å². The van der Waals surface area contributed by atoms with Crippen LogP contribution in [0.4, 0.5) is 20.7 Å². The summed E-state index contributed by atoms with van der Waals surface area (Å²) < 4.78 is 16.6. The highest BCUT2D eigenvalue weighted by molar-refractivity contribution is 5.92. The zero-order valence-electron chi connectivity index (χ0n) is 20.5. The summed E-state index contributed by atoms with van der Waals surface area (Å²) in [6, 6.07) is 5.88. The number of halogens is 1. The number of nitrogens with zero attached hydrogens (tertiary/aromatic N) is 2. The highest BCUT2D eigenvalue weighted by Gasteiger charge is 2.20.